The number of halogens is 2. The Morgan fingerprint density at radius 1 is 1.17 bits per heavy atom. The summed E-state index contributed by atoms with van der Waals surface area (Å²) in [6, 6.07) is 9.09. The molecule has 0 bridgehead atoms. The minimum Gasteiger partial charge on any atom is -0.497 e. The first-order valence-electron chi connectivity index (χ1n) is 9.04. The van der Waals surface area contributed by atoms with E-state index >= 15 is 0 Å². The third kappa shape index (κ3) is 4.33. The van der Waals surface area contributed by atoms with Crippen LogP contribution in [-0.4, -0.2) is 31.2 Å². The molecule has 156 valence electrons. The first kappa shape index (κ1) is 21.4. The lowest BCUT2D eigenvalue weighted by Crippen LogP contribution is -2.16. The summed E-state index contributed by atoms with van der Waals surface area (Å²) in [7, 11) is 3.13. The lowest BCUT2D eigenvalue weighted by atomic mass is 10.1. The smallest absolute Gasteiger partial charge is 0.206 e. The third-order valence-corrected chi connectivity index (χ3v) is 5.15. The van der Waals surface area contributed by atoms with Gasteiger partial charge in [0.15, 0.2) is 0 Å². The standard InChI is InChI=1S/C22H21F2N3O2S/c1-5-11-25-22-27(26-14(2)21-17(23)7-6-8-18(21)24)19(13-30-22)16-12-15(28-3)9-10-20(16)29-4/h5-10,12-13H,1,11H2,2-4H3. The summed E-state index contributed by atoms with van der Waals surface area (Å²) in [5.41, 5.74) is 1.34. The Labute approximate surface area is 177 Å². The normalized spacial score (nSPS) is 12.2. The van der Waals surface area contributed by atoms with Crippen molar-refractivity contribution in [2.75, 3.05) is 20.8 Å². The maximum atomic E-state index is 14.3. The Hall–Kier alpha value is -3.26. The molecule has 0 aliphatic rings. The van der Waals surface area contributed by atoms with Crippen LogP contribution in [0.5, 0.6) is 11.5 Å². The van der Waals surface area contributed by atoms with Gasteiger partial charge in [-0.3, -0.25) is 4.99 Å². The van der Waals surface area contributed by atoms with Gasteiger partial charge in [0.05, 0.1) is 37.7 Å². The minimum absolute atomic E-state index is 0.173. The molecular formula is C22H21F2N3O2S. The SMILES string of the molecule is C=CCN=c1scc(-c2cc(OC)ccc2OC)n1N=C(C)c1c(F)cccc1F. The summed E-state index contributed by atoms with van der Waals surface area (Å²) in [6.45, 7) is 5.61. The van der Waals surface area contributed by atoms with Crippen molar-refractivity contribution in [3.63, 3.8) is 0 Å². The van der Waals surface area contributed by atoms with E-state index in [-0.39, 0.29) is 11.3 Å². The van der Waals surface area contributed by atoms with Crippen LogP contribution < -0.4 is 14.3 Å². The predicted octanol–water partition coefficient (Wildman–Crippen LogP) is 4.87. The number of aromatic nitrogens is 1. The fraction of sp³-hybridized carbons (Fsp3) is 0.182. The van der Waals surface area contributed by atoms with Gasteiger partial charge >= 0.3 is 0 Å². The van der Waals surface area contributed by atoms with E-state index in [1.165, 1.54) is 29.5 Å². The van der Waals surface area contributed by atoms with Crippen LogP contribution in [0.4, 0.5) is 8.78 Å². The molecular weight excluding hydrogens is 408 g/mol. The fourth-order valence-corrected chi connectivity index (χ4v) is 3.72. The van der Waals surface area contributed by atoms with Gasteiger partial charge in [-0.05, 0) is 37.3 Å². The molecule has 0 N–H and O–H groups in total. The van der Waals surface area contributed by atoms with Crippen molar-refractivity contribution >= 4 is 17.0 Å². The van der Waals surface area contributed by atoms with Crippen molar-refractivity contribution in [1.29, 1.82) is 0 Å². The highest BCUT2D eigenvalue weighted by Crippen LogP contribution is 2.34. The van der Waals surface area contributed by atoms with E-state index in [9.17, 15) is 8.78 Å². The van der Waals surface area contributed by atoms with Crippen molar-refractivity contribution in [3.05, 3.63) is 76.4 Å². The maximum Gasteiger partial charge on any atom is 0.206 e. The summed E-state index contributed by atoms with van der Waals surface area (Å²) in [5, 5.41) is 6.37. The van der Waals surface area contributed by atoms with E-state index in [0.29, 0.717) is 34.1 Å². The van der Waals surface area contributed by atoms with Gasteiger partial charge < -0.3 is 9.47 Å². The molecule has 0 aliphatic heterocycles. The second-order valence-corrected chi connectivity index (χ2v) is 7.03. The number of ether oxygens (including phenoxy) is 2. The zero-order chi connectivity index (χ0) is 21.7. The molecule has 8 heteroatoms. The molecule has 30 heavy (non-hydrogen) atoms. The number of hydrogen-bond donors (Lipinski definition) is 0. The average Bonchev–Trinajstić information content (AvgIpc) is 3.13. The van der Waals surface area contributed by atoms with Crippen LogP contribution in [0.2, 0.25) is 0 Å². The van der Waals surface area contributed by atoms with E-state index < -0.39 is 11.6 Å². The van der Waals surface area contributed by atoms with Crippen molar-refractivity contribution in [3.8, 4) is 22.8 Å². The summed E-state index contributed by atoms with van der Waals surface area (Å²) in [4.78, 5) is 5.00. The van der Waals surface area contributed by atoms with Crippen molar-refractivity contribution in [2.45, 2.75) is 6.92 Å². The van der Waals surface area contributed by atoms with E-state index in [4.69, 9.17) is 9.47 Å². The minimum atomic E-state index is -0.683. The van der Waals surface area contributed by atoms with Crippen LogP contribution in [0, 0.1) is 11.6 Å². The van der Waals surface area contributed by atoms with Crippen LogP contribution in [0.25, 0.3) is 11.3 Å². The van der Waals surface area contributed by atoms with E-state index in [1.807, 2.05) is 11.4 Å². The van der Waals surface area contributed by atoms with Crippen molar-refractivity contribution in [1.82, 2.24) is 4.68 Å². The molecule has 0 saturated carbocycles. The average molecular weight is 429 g/mol. The van der Waals surface area contributed by atoms with Crippen LogP contribution in [-0.2, 0) is 0 Å². The van der Waals surface area contributed by atoms with Gasteiger partial charge in [-0.2, -0.15) is 5.10 Å². The molecule has 5 nitrogen and oxygen atoms in total. The monoisotopic (exact) mass is 429 g/mol. The fourth-order valence-electron chi connectivity index (χ4n) is 2.89. The van der Waals surface area contributed by atoms with Gasteiger partial charge in [0.25, 0.3) is 0 Å². The van der Waals surface area contributed by atoms with Gasteiger partial charge in [0, 0.05) is 10.9 Å². The quantitative estimate of drug-likeness (QED) is 0.397. The molecule has 1 heterocycles. The Morgan fingerprint density at radius 2 is 1.90 bits per heavy atom. The Balaban J connectivity index is 2.26. The van der Waals surface area contributed by atoms with Crippen LogP contribution in [0.15, 0.2) is 64.5 Å². The predicted molar refractivity (Wildman–Crippen MR) is 115 cm³/mol. The van der Waals surface area contributed by atoms with E-state index in [2.05, 4.69) is 16.7 Å². The zero-order valence-corrected chi connectivity index (χ0v) is 17.7. The molecule has 0 radical (unpaired) electrons. The molecule has 0 spiro atoms. The second kappa shape index (κ2) is 9.49. The summed E-state index contributed by atoms with van der Waals surface area (Å²) in [5.74, 6) is -0.133. The van der Waals surface area contributed by atoms with Gasteiger partial charge in [-0.1, -0.05) is 12.1 Å². The number of thiazole rings is 1. The third-order valence-electron chi connectivity index (χ3n) is 4.30. The first-order valence-corrected chi connectivity index (χ1v) is 9.92. The van der Waals surface area contributed by atoms with Gasteiger partial charge in [-0.15, -0.1) is 17.9 Å². The van der Waals surface area contributed by atoms with Crippen LogP contribution in [0.3, 0.4) is 0 Å². The Bertz CT molecular complexity index is 1150. The van der Waals surface area contributed by atoms with Gasteiger partial charge in [-0.25, -0.2) is 13.5 Å². The maximum absolute atomic E-state index is 14.3. The van der Waals surface area contributed by atoms with Gasteiger partial charge in [0.2, 0.25) is 4.80 Å². The molecule has 3 aromatic rings. The molecule has 2 aromatic carbocycles. The highest BCUT2D eigenvalue weighted by molar-refractivity contribution is 7.07. The summed E-state index contributed by atoms with van der Waals surface area (Å²) < 4.78 is 40.9. The van der Waals surface area contributed by atoms with Crippen LogP contribution in [0.1, 0.15) is 12.5 Å². The lowest BCUT2D eigenvalue weighted by Gasteiger charge is -2.12. The summed E-state index contributed by atoms with van der Waals surface area (Å²) >= 11 is 1.35. The molecule has 0 saturated heterocycles. The molecule has 0 fully saturated rings. The highest BCUT2D eigenvalue weighted by atomic mass is 32.1. The number of benzene rings is 2. The van der Waals surface area contributed by atoms with E-state index in [1.54, 1.807) is 44.0 Å². The molecule has 0 aliphatic carbocycles. The lowest BCUT2D eigenvalue weighted by molar-refractivity contribution is 0.404. The highest BCUT2D eigenvalue weighted by Gasteiger charge is 2.16. The Morgan fingerprint density at radius 3 is 2.53 bits per heavy atom. The van der Waals surface area contributed by atoms with Gasteiger partial charge in [0.1, 0.15) is 23.1 Å². The number of hydrogen-bond acceptors (Lipinski definition) is 5. The molecule has 0 atom stereocenters. The zero-order valence-electron chi connectivity index (χ0n) is 16.9. The second-order valence-electron chi connectivity index (χ2n) is 6.19. The van der Waals surface area contributed by atoms with Crippen LogP contribution >= 0.6 is 11.3 Å². The van der Waals surface area contributed by atoms with E-state index in [0.717, 1.165) is 0 Å². The van der Waals surface area contributed by atoms with Crippen molar-refractivity contribution in [2.24, 2.45) is 10.1 Å². The topological polar surface area (TPSA) is 48.1 Å². The summed E-state index contributed by atoms with van der Waals surface area (Å²) in [6.07, 6.45) is 1.66. The first-order chi connectivity index (χ1) is 14.5. The number of rotatable bonds is 7. The molecule has 3 rings (SSSR count). The van der Waals surface area contributed by atoms with Crippen molar-refractivity contribution < 1.29 is 18.3 Å². The Kier molecular flexibility index (Phi) is 6.79. The molecule has 0 unspecified atom stereocenters. The molecule has 0 amide bonds. The molecule has 1 aromatic heterocycles. The number of methoxy groups -OCH3 is 2. The number of nitrogens with zero attached hydrogens (tertiary/aromatic N) is 3. The largest absolute Gasteiger partial charge is 0.497 e.